The van der Waals surface area contributed by atoms with Crippen LogP contribution in [-0.4, -0.2) is 34.4 Å². The standard InChI is InChI=1S/3C8H10N.Al/c3*1-2-9-8-6-4-3-5-7-8;/h3*3-7H,2H2,1H3;/q3*-1;+3. The lowest BCUT2D eigenvalue weighted by Gasteiger charge is -2.43. The molecular weight excluding hydrogens is 357 g/mol. The van der Waals surface area contributed by atoms with Crippen LogP contribution in [0, 0.1) is 0 Å². The molecule has 0 spiro atoms. The zero-order valence-corrected chi connectivity index (χ0v) is 18.4. The second-order valence-electron chi connectivity index (χ2n) is 6.71. The van der Waals surface area contributed by atoms with Crippen molar-refractivity contribution in [2.24, 2.45) is 0 Å². The normalized spacial score (nSPS) is 10.4. The Morgan fingerprint density at radius 1 is 0.464 bits per heavy atom. The van der Waals surface area contributed by atoms with Gasteiger partial charge in [-0.2, -0.15) is 0 Å². The van der Waals surface area contributed by atoms with Crippen LogP contribution in [0.5, 0.6) is 0 Å². The van der Waals surface area contributed by atoms with Crippen molar-refractivity contribution in [1.29, 1.82) is 0 Å². The monoisotopic (exact) mass is 387 g/mol. The first-order valence-corrected chi connectivity index (χ1v) is 11.8. The van der Waals surface area contributed by atoms with E-state index >= 15 is 0 Å². The lowest BCUT2D eigenvalue weighted by Crippen LogP contribution is -2.64. The van der Waals surface area contributed by atoms with Gasteiger partial charge in [-0.15, -0.1) is 0 Å². The lowest BCUT2D eigenvalue weighted by atomic mass is 10.3. The molecule has 4 heteroatoms. The predicted octanol–water partition coefficient (Wildman–Crippen LogP) is 5.55. The van der Waals surface area contributed by atoms with Crippen LogP contribution in [-0.2, 0) is 0 Å². The van der Waals surface area contributed by atoms with E-state index in [4.69, 9.17) is 0 Å². The molecule has 3 nitrogen and oxygen atoms in total. The van der Waals surface area contributed by atoms with E-state index in [2.05, 4.69) is 123 Å². The van der Waals surface area contributed by atoms with Crippen LogP contribution < -0.4 is 11.7 Å². The molecule has 0 aromatic heterocycles. The first-order valence-electron chi connectivity index (χ1n) is 10.2. The molecule has 0 saturated carbocycles. The Morgan fingerprint density at radius 3 is 0.929 bits per heavy atom. The summed E-state index contributed by atoms with van der Waals surface area (Å²) in [6, 6.07) is 32.5. The van der Waals surface area contributed by atoms with Crippen molar-refractivity contribution in [3.63, 3.8) is 0 Å². The van der Waals surface area contributed by atoms with Gasteiger partial charge in [0.1, 0.15) is 0 Å². The Bertz CT molecular complexity index is 698. The highest BCUT2D eigenvalue weighted by molar-refractivity contribution is 6.71. The molecule has 0 aliphatic rings. The molecule has 144 valence electrons. The van der Waals surface area contributed by atoms with Crippen molar-refractivity contribution in [3.8, 4) is 0 Å². The van der Waals surface area contributed by atoms with E-state index in [1.165, 1.54) is 17.1 Å². The molecule has 0 heterocycles. The van der Waals surface area contributed by atoms with Crippen LogP contribution in [0.4, 0.5) is 17.1 Å². The molecule has 0 bridgehead atoms. The fraction of sp³-hybridized carbons (Fsp3) is 0.250. The molecule has 0 fully saturated rings. The first-order chi connectivity index (χ1) is 13.8. The third-order valence-electron chi connectivity index (χ3n) is 5.12. The summed E-state index contributed by atoms with van der Waals surface area (Å²) < 4.78 is 7.85. The SMILES string of the molecule is CC[N](c1ccccc1)[Al]([N](CC)c1ccccc1)[N](CC)c1ccccc1. The van der Waals surface area contributed by atoms with Gasteiger partial charge >= 0.3 is 14.8 Å². The molecule has 3 rings (SSSR count). The largest absolute Gasteiger partial charge is 0.742 e. The maximum Gasteiger partial charge on any atom is 0.742 e. The van der Waals surface area contributed by atoms with E-state index in [0.717, 1.165) is 19.6 Å². The summed E-state index contributed by atoms with van der Waals surface area (Å²) >= 11 is -1.76. The Kier molecular flexibility index (Phi) is 7.42. The predicted molar refractivity (Wildman–Crippen MR) is 124 cm³/mol. The molecule has 28 heavy (non-hydrogen) atoms. The van der Waals surface area contributed by atoms with Crippen molar-refractivity contribution in [3.05, 3.63) is 91.0 Å². The van der Waals surface area contributed by atoms with E-state index in [0.29, 0.717) is 0 Å². The zero-order valence-electron chi connectivity index (χ0n) is 17.2. The number of benzene rings is 3. The van der Waals surface area contributed by atoms with Gasteiger partial charge in [0.25, 0.3) is 0 Å². The van der Waals surface area contributed by atoms with E-state index in [1.807, 2.05) is 0 Å². The summed E-state index contributed by atoms with van der Waals surface area (Å²) in [5.41, 5.74) is 3.89. The van der Waals surface area contributed by atoms with E-state index in [9.17, 15) is 0 Å². The number of para-hydroxylation sites is 3. The Morgan fingerprint density at radius 2 is 0.714 bits per heavy atom. The highest BCUT2D eigenvalue weighted by Gasteiger charge is 2.43. The molecule has 0 N–H and O–H groups in total. The van der Waals surface area contributed by atoms with Crippen LogP contribution in [0.3, 0.4) is 0 Å². The van der Waals surface area contributed by atoms with Crippen LogP contribution >= 0.6 is 0 Å². The summed E-state index contributed by atoms with van der Waals surface area (Å²) in [6.45, 7) is 9.74. The zero-order chi connectivity index (χ0) is 19.8. The quantitative estimate of drug-likeness (QED) is 0.446. The maximum absolute atomic E-state index is 2.62. The lowest BCUT2D eigenvalue weighted by molar-refractivity contribution is 0.941. The van der Waals surface area contributed by atoms with E-state index < -0.39 is 14.8 Å². The fourth-order valence-corrected chi connectivity index (χ4v) is 7.11. The third kappa shape index (κ3) is 4.52. The van der Waals surface area contributed by atoms with E-state index in [1.54, 1.807) is 0 Å². The molecule has 0 unspecified atom stereocenters. The molecule has 0 saturated heterocycles. The summed E-state index contributed by atoms with van der Waals surface area (Å²) in [4.78, 5) is 0. The second kappa shape index (κ2) is 10.2. The molecule has 0 radical (unpaired) electrons. The third-order valence-corrected chi connectivity index (χ3v) is 8.78. The van der Waals surface area contributed by atoms with Gasteiger partial charge in [0.05, 0.1) is 0 Å². The summed E-state index contributed by atoms with van der Waals surface area (Å²) in [5, 5.41) is 0. The highest BCUT2D eigenvalue weighted by Crippen LogP contribution is 2.26. The summed E-state index contributed by atoms with van der Waals surface area (Å²) in [7, 11) is 0. The number of nitrogens with zero attached hydrogens (tertiary/aromatic N) is 3. The molecule has 0 atom stereocenters. The minimum Gasteiger partial charge on any atom is -0.426 e. The second-order valence-corrected chi connectivity index (χ2v) is 9.27. The number of hydrogen-bond acceptors (Lipinski definition) is 3. The summed E-state index contributed by atoms with van der Waals surface area (Å²) in [5.74, 6) is 0. The minimum absolute atomic E-state index is 0.980. The smallest absolute Gasteiger partial charge is 0.426 e. The van der Waals surface area contributed by atoms with Gasteiger partial charge in [0.2, 0.25) is 0 Å². The van der Waals surface area contributed by atoms with Crippen molar-refractivity contribution in [1.82, 2.24) is 0 Å². The highest BCUT2D eigenvalue weighted by atomic mass is 27.2. The minimum atomic E-state index is -1.76. The van der Waals surface area contributed by atoms with Crippen molar-refractivity contribution < 1.29 is 0 Å². The van der Waals surface area contributed by atoms with Crippen molar-refractivity contribution in [2.45, 2.75) is 20.8 Å². The van der Waals surface area contributed by atoms with Gasteiger partial charge in [0, 0.05) is 17.1 Å². The Hall–Kier alpha value is -2.41. The van der Waals surface area contributed by atoms with Gasteiger partial charge < -0.3 is 11.7 Å². The van der Waals surface area contributed by atoms with Crippen LogP contribution in [0.15, 0.2) is 91.0 Å². The van der Waals surface area contributed by atoms with Gasteiger partial charge in [-0.3, -0.25) is 0 Å². The van der Waals surface area contributed by atoms with Crippen LogP contribution in [0.1, 0.15) is 20.8 Å². The summed E-state index contributed by atoms with van der Waals surface area (Å²) in [6.07, 6.45) is 0. The number of rotatable bonds is 9. The van der Waals surface area contributed by atoms with Gasteiger partial charge in [-0.05, 0) is 76.8 Å². The van der Waals surface area contributed by atoms with Gasteiger partial charge in [-0.25, -0.2) is 0 Å². The molecule has 0 amide bonds. The molecule has 3 aromatic carbocycles. The number of anilines is 3. The van der Waals surface area contributed by atoms with Crippen LogP contribution in [0.25, 0.3) is 0 Å². The maximum atomic E-state index is 2.62. The molecule has 0 aliphatic heterocycles. The molecule has 0 aliphatic carbocycles. The fourth-order valence-electron chi connectivity index (χ4n) is 3.80. The van der Waals surface area contributed by atoms with Gasteiger partial charge in [0.15, 0.2) is 0 Å². The van der Waals surface area contributed by atoms with Crippen molar-refractivity contribution in [2.75, 3.05) is 31.3 Å². The number of hydrogen-bond donors (Lipinski definition) is 0. The first kappa shape index (κ1) is 20.3. The average Bonchev–Trinajstić information content (AvgIpc) is 2.77. The van der Waals surface area contributed by atoms with Gasteiger partial charge in [-0.1, -0.05) is 54.6 Å². The molecular formula is C24H30AlN3. The average molecular weight is 388 g/mol. The Balaban J connectivity index is 2.11. The van der Waals surface area contributed by atoms with Crippen molar-refractivity contribution >= 4 is 31.9 Å². The van der Waals surface area contributed by atoms with Crippen LogP contribution in [0.2, 0.25) is 0 Å². The Labute approximate surface area is 174 Å². The van der Waals surface area contributed by atoms with E-state index in [-0.39, 0.29) is 0 Å². The topological polar surface area (TPSA) is 9.72 Å². The molecule has 3 aromatic rings.